The fourth-order valence-electron chi connectivity index (χ4n) is 1.55. The van der Waals surface area contributed by atoms with Crippen LogP contribution in [0.15, 0.2) is 39.5 Å². The number of hydrogen-bond donors (Lipinski definition) is 1. The van der Waals surface area contributed by atoms with Gasteiger partial charge in [0.25, 0.3) is 0 Å². The maximum atomic E-state index is 5.63. The van der Waals surface area contributed by atoms with Crippen LogP contribution in [0.4, 0.5) is 0 Å². The van der Waals surface area contributed by atoms with E-state index in [-0.39, 0.29) is 0 Å². The molecule has 1 N–H and O–H groups in total. The minimum Gasteiger partial charge on any atom is -0.423 e. The minimum absolute atomic E-state index is 0.340. The molecular weight excluding hydrogens is 386 g/mol. The summed E-state index contributed by atoms with van der Waals surface area (Å²) in [6.45, 7) is 3.90. The average Bonchev–Trinajstić information content (AvgIpc) is 2.44. The molecule has 0 aliphatic carbocycles. The molecule has 20 heavy (non-hydrogen) atoms. The van der Waals surface area contributed by atoms with Crippen molar-refractivity contribution in [2.24, 2.45) is 0 Å². The summed E-state index contributed by atoms with van der Waals surface area (Å²) in [6.07, 6.45) is 4.66. The van der Waals surface area contributed by atoms with E-state index in [0.717, 1.165) is 34.0 Å². The number of hydrogen-bond acceptors (Lipinski definition) is 4. The molecule has 0 saturated heterocycles. The van der Waals surface area contributed by atoms with E-state index in [2.05, 4.69) is 54.1 Å². The molecule has 1 heterocycles. The van der Waals surface area contributed by atoms with Crippen LogP contribution >= 0.6 is 31.9 Å². The number of ether oxygens (including phenoxy) is 1. The van der Waals surface area contributed by atoms with Crippen molar-refractivity contribution in [3.05, 3.63) is 45.1 Å². The van der Waals surface area contributed by atoms with E-state index in [1.165, 1.54) is 0 Å². The van der Waals surface area contributed by atoms with E-state index in [1.54, 1.807) is 12.4 Å². The number of rotatable bonds is 6. The maximum Gasteiger partial charge on any atom is 0.321 e. The third kappa shape index (κ3) is 4.54. The standard InChI is InChI=1S/C14H15Br2N3O/c1-2-5-17-7-10-8-18-14(19-9-10)20-13-4-3-11(15)6-12(13)16/h3-4,6,8-9,17H,2,5,7H2,1H3. The van der Waals surface area contributed by atoms with Crippen molar-refractivity contribution in [3.63, 3.8) is 0 Å². The predicted molar refractivity (Wildman–Crippen MR) is 85.9 cm³/mol. The summed E-state index contributed by atoms with van der Waals surface area (Å²) in [5.41, 5.74) is 1.04. The van der Waals surface area contributed by atoms with Crippen LogP contribution < -0.4 is 10.1 Å². The molecular formula is C14H15Br2N3O. The summed E-state index contributed by atoms with van der Waals surface area (Å²) in [5.74, 6) is 0.685. The Morgan fingerprint density at radius 2 is 1.95 bits per heavy atom. The van der Waals surface area contributed by atoms with Crippen molar-refractivity contribution < 1.29 is 4.74 Å². The molecule has 106 valence electrons. The Hall–Kier alpha value is -0.980. The lowest BCUT2D eigenvalue weighted by molar-refractivity contribution is 0.438. The highest BCUT2D eigenvalue weighted by Crippen LogP contribution is 2.30. The second-order valence-corrected chi connectivity index (χ2v) is 6.00. The van der Waals surface area contributed by atoms with Crippen molar-refractivity contribution in [1.29, 1.82) is 0 Å². The highest BCUT2D eigenvalue weighted by molar-refractivity contribution is 9.11. The van der Waals surface area contributed by atoms with Gasteiger partial charge in [0.1, 0.15) is 5.75 Å². The van der Waals surface area contributed by atoms with Crippen molar-refractivity contribution in [2.45, 2.75) is 19.9 Å². The zero-order valence-electron chi connectivity index (χ0n) is 11.1. The molecule has 2 aromatic rings. The van der Waals surface area contributed by atoms with Gasteiger partial charge in [-0.15, -0.1) is 0 Å². The van der Waals surface area contributed by atoms with Gasteiger partial charge in [-0.1, -0.05) is 22.9 Å². The highest BCUT2D eigenvalue weighted by Gasteiger charge is 2.05. The molecule has 0 atom stereocenters. The van der Waals surface area contributed by atoms with Gasteiger partial charge in [-0.05, 0) is 47.1 Å². The first-order valence-corrected chi connectivity index (χ1v) is 7.92. The summed E-state index contributed by atoms with van der Waals surface area (Å²) in [4.78, 5) is 8.42. The minimum atomic E-state index is 0.340. The molecule has 1 aromatic carbocycles. The predicted octanol–water partition coefficient (Wildman–Crippen LogP) is 4.29. The lowest BCUT2D eigenvalue weighted by atomic mass is 10.3. The average molecular weight is 401 g/mol. The van der Waals surface area contributed by atoms with Gasteiger partial charge in [0, 0.05) is 29.0 Å². The number of aromatic nitrogens is 2. The Bertz CT molecular complexity index is 561. The molecule has 2 rings (SSSR count). The van der Waals surface area contributed by atoms with E-state index in [9.17, 15) is 0 Å². The van der Waals surface area contributed by atoms with Crippen LogP contribution in [0.2, 0.25) is 0 Å². The Morgan fingerprint density at radius 1 is 1.20 bits per heavy atom. The molecule has 0 unspecified atom stereocenters. The molecule has 0 fully saturated rings. The lowest BCUT2D eigenvalue weighted by Gasteiger charge is -2.07. The second kappa shape index (κ2) is 7.71. The number of nitrogens with one attached hydrogen (secondary N) is 1. The highest BCUT2D eigenvalue weighted by atomic mass is 79.9. The van der Waals surface area contributed by atoms with Crippen LogP contribution in [-0.2, 0) is 6.54 Å². The Morgan fingerprint density at radius 3 is 2.60 bits per heavy atom. The molecule has 0 aliphatic rings. The number of benzene rings is 1. The van der Waals surface area contributed by atoms with E-state index in [4.69, 9.17) is 4.74 Å². The number of halogens is 2. The van der Waals surface area contributed by atoms with Crippen LogP contribution in [-0.4, -0.2) is 16.5 Å². The summed E-state index contributed by atoms with van der Waals surface area (Å²) < 4.78 is 7.47. The first-order chi connectivity index (χ1) is 9.69. The Labute approximate surface area is 135 Å². The molecule has 0 amide bonds. The van der Waals surface area contributed by atoms with Crippen LogP contribution in [0, 0.1) is 0 Å². The topological polar surface area (TPSA) is 47.0 Å². The van der Waals surface area contributed by atoms with E-state index >= 15 is 0 Å². The van der Waals surface area contributed by atoms with Gasteiger partial charge in [0.15, 0.2) is 0 Å². The molecule has 0 aliphatic heterocycles. The van der Waals surface area contributed by atoms with Gasteiger partial charge in [-0.3, -0.25) is 0 Å². The van der Waals surface area contributed by atoms with Gasteiger partial charge in [0.05, 0.1) is 4.47 Å². The van der Waals surface area contributed by atoms with Gasteiger partial charge in [-0.2, -0.15) is 0 Å². The van der Waals surface area contributed by atoms with E-state index in [1.807, 2.05) is 18.2 Å². The quantitative estimate of drug-likeness (QED) is 0.734. The summed E-state index contributed by atoms with van der Waals surface area (Å²) in [7, 11) is 0. The monoisotopic (exact) mass is 399 g/mol. The van der Waals surface area contributed by atoms with Gasteiger partial charge in [-0.25, -0.2) is 9.97 Å². The Balaban J connectivity index is 1.99. The molecule has 0 radical (unpaired) electrons. The first kappa shape index (κ1) is 15.4. The lowest BCUT2D eigenvalue weighted by Crippen LogP contribution is -2.14. The normalized spacial score (nSPS) is 10.6. The van der Waals surface area contributed by atoms with Crippen molar-refractivity contribution in [2.75, 3.05) is 6.54 Å². The van der Waals surface area contributed by atoms with E-state index < -0.39 is 0 Å². The van der Waals surface area contributed by atoms with Gasteiger partial charge < -0.3 is 10.1 Å². The fourth-order valence-corrected chi connectivity index (χ4v) is 2.68. The third-order valence-corrected chi connectivity index (χ3v) is 3.65. The van der Waals surface area contributed by atoms with Gasteiger partial charge >= 0.3 is 6.01 Å². The maximum absolute atomic E-state index is 5.63. The molecule has 0 saturated carbocycles. The molecule has 6 heteroatoms. The SMILES string of the molecule is CCCNCc1cnc(Oc2ccc(Br)cc2Br)nc1. The molecule has 1 aromatic heterocycles. The Kier molecular flexibility index (Phi) is 5.94. The largest absolute Gasteiger partial charge is 0.423 e. The fraction of sp³-hybridized carbons (Fsp3) is 0.286. The summed E-state index contributed by atoms with van der Waals surface area (Å²) in [5, 5.41) is 3.30. The second-order valence-electron chi connectivity index (χ2n) is 4.23. The van der Waals surface area contributed by atoms with Crippen LogP contribution in [0.5, 0.6) is 11.8 Å². The van der Waals surface area contributed by atoms with Crippen LogP contribution in [0.3, 0.4) is 0 Å². The third-order valence-electron chi connectivity index (χ3n) is 2.53. The molecule has 4 nitrogen and oxygen atoms in total. The number of nitrogens with zero attached hydrogens (tertiary/aromatic N) is 2. The van der Waals surface area contributed by atoms with E-state index in [0.29, 0.717) is 11.8 Å². The zero-order chi connectivity index (χ0) is 14.4. The summed E-state index contributed by atoms with van der Waals surface area (Å²) in [6, 6.07) is 6.02. The van der Waals surface area contributed by atoms with Crippen molar-refractivity contribution >= 4 is 31.9 Å². The van der Waals surface area contributed by atoms with Crippen molar-refractivity contribution in [1.82, 2.24) is 15.3 Å². The van der Waals surface area contributed by atoms with Gasteiger partial charge in [0.2, 0.25) is 0 Å². The molecule has 0 spiro atoms. The smallest absolute Gasteiger partial charge is 0.321 e. The van der Waals surface area contributed by atoms with Crippen LogP contribution in [0.25, 0.3) is 0 Å². The zero-order valence-corrected chi connectivity index (χ0v) is 14.2. The molecule has 0 bridgehead atoms. The van der Waals surface area contributed by atoms with Crippen LogP contribution in [0.1, 0.15) is 18.9 Å². The van der Waals surface area contributed by atoms with Crippen molar-refractivity contribution in [3.8, 4) is 11.8 Å². The summed E-state index contributed by atoms with van der Waals surface area (Å²) >= 11 is 6.84. The first-order valence-electron chi connectivity index (χ1n) is 6.33.